The van der Waals surface area contributed by atoms with Crippen LogP contribution >= 0.6 is 0 Å². The van der Waals surface area contributed by atoms with E-state index in [4.69, 9.17) is 0 Å². The summed E-state index contributed by atoms with van der Waals surface area (Å²) in [7, 11) is 3.51. The average molecular weight is 219 g/mol. The van der Waals surface area contributed by atoms with E-state index in [0.717, 1.165) is 11.6 Å². The van der Waals surface area contributed by atoms with Crippen molar-refractivity contribution in [3.05, 3.63) is 28.3 Å². The van der Waals surface area contributed by atoms with Crippen LogP contribution in [0.15, 0.2) is 6.07 Å². The van der Waals surface area contributed by atoms with Crippen molar-refractivity contribution in [3.8, 4) is 5.75 Å². The fraction of sp³-hybridized carbons (Fsp3) is 0.538. The first kappa shape index (κ1) is 12.3. The Balaban J connectivity index is 3.55. The van der Waals surface area contributed by atoms with Gasteiger partial charge in [0.25, 0.3) is 0 Å². The van der Waals surface area contributed by atoms with Crippen LogP contribution < -0.4 is 0 Å². The summed E-state index contributed by atoms with van der Waals surface area (Å²) in [4.78, 5) is 0. The molecule has 15 heavy (non-hydrogen) atoms. The molecule has 1 aromatic carbocycles. The Morgan fingerprint density at radius 2 is 1.73 bits per heavy atom. The Labute approximate surface area is 96.0 Å². The molecule has 3 radical (unpaired) electrons. The van der Waals surface area contributed by atoms with Crippen LogP contribution in [0.4, 0.5) is 0 Å². The second kappa shape index (κ2) is 4.01. The molecule has 0 aliphatic heterocycles. The van der Waals surface area contributed by atoms with E-state index in [0.29, 0.717) is 5.75 Å². The predicted octanol–water partition coefficient (Wildman–Crippen LogP) is 2.98. The maximum absolute atomic E-state index is 9.88. The highest BCUT2D eigenvalue weighted by Crippen LogP contribution is 2.35. The van der Waals surface area contributed by atoms with E-state index in [9.17, 15) is 5.11 Å². The first-order valence-electron chi connectivity index (χ1n) is 5.26. The summed E-state index contributed by atoms with van der Waals surface area (Å²) in [5.41, 5.74) is 4.79. The van der Waals surface area contributed by atoms with Crippen LogP contribution in [0.1, 0.15) is 43.0 Å². The molecule has 0 aliphatic rings. The van der Waals surface area contributed by atoms with Gasteiger partial charge < -0.3 is 5.11 Å². The zero-order valence-corrected chi connectivity index (χ0v) is 11.2. The third kappa shape index (κ3) is 2.25. The molecule has 0 spiro atoms. The quantitative estimate of drug-likeness (QED) is 0.720. The largest absolute Gasteiger partial charge is 0.508 e. The number of hydrogen-bond donors (Lipinski definition) is 1. The summed E-state index contributed by atoms with van der Waals surface area (Å²) < 4.78 is 0. The molecule has 1 aromatic rings. The van der Waals surface area contributed by atoms with Crippen molar-refractivity contribution in [1.29, 1.82) is 0 Å². The second-order valence-corrected chi connectivity index (χ2v) is 5.46. The smallest absolute Gasteiger partial charge is 0.119 e. The normalized spacial score (nSPS) is 11.9. The van der Waals surface area contributed by atoms with E-state index in [-0.39, 0.29) is 5.41 Å². The fourth-order valence-corrected chi connectivity index (χ4v) is 2.63. The fourth-order valence-electron chi connectivity index (χ4n) is 2.26. The van der Waals surface area contributed by atoms with E-state index in [1.807, 2.05) is 13.0 Å². The molecule has 0 aliphatic carbocycles. The van der Waals surface area contributed by atoms with Gasteiger partial charge in [-0.05, 0) is 53.6 Å². The lowest BCUT2D eigenvalue weighted by atomic mass is 9.79. The van der Waals surface area contributed by atoms with Gasteiger partial charge in [0.05, 0.1) is 0 Å². The lowest BCUT2D eigenvalue weighted by Crippen LogP contribution is -2.16. The Kier molecular flexibility index (Phi) is 3.29. The minimum absolute atomic E-state index is 0.0725. The molecule has 0 atom stereocenters. The van der Waals surface area contributed by atoms with Gasteiger partial charge in [-0.25, -0.2) is 0 Å². The van der Waals surface area contributed by atoms with Crippen molar-refractivity contribution in [2.24, 2.45) is 0 Å². The molecule has 0 fully saturated rings. The SMILES string of the molecule is Cc1c(O)cc(C[Si])c(C)c1C(C)(C)C. The molecule has 0 bridgehead atoms. The summed E-state index contributed by atoms with van der Waals surface area (Å²) in [5.74, 6) is 0.402. The van der Waals surface area contributed by atoms with Gasteiger partial charge in [-0.3, -0.25) is 0 Å². The highest BCUT2D eigenvalue weighted by Gasteiger charge is 2.22. The van der Waals surface area contributed by atoms with Gasteiger partial charge in [-0.15, -0.1) is 0 Å². The highest BCUT2D eigenvalue weighted by molar-refractivity contribution is 6.08. The Hall–Kier alpha value is -0.763. The third-order valence-corrected chi connectivity index (χ3v) is 3.25. The molecular formula is C13H19OSi. The molecule has 1 rings (SSSR count). The number of phenols is 1. The van der Waals surface area contributed by atoms with Gasteiger partial charge in [-0.2, -0.15) is 0 Å². The molecule has 0 saturated carbocycles. The monoisotopic (exact) mass is 219 g/mol. The van der Waals surface area contributed by atoms with Gasteiger partial charge in [-0.1, -0.05) is 20.8 Å². The molecule has 1 N–H and O–H groups in total. The van der Waals surface area contributed by atoms with Crippen LogP contribution in [0.5, 0.6) is 5.75 Å². The van der Waals surface area contributed by atoms with Crippen molar-refractivity contribution in [2.45, 2.75) is 46.1 Å². The number of phenolic OH excluding ortho intramolecular Hbond substituents is 1. The number of aromatic hydroxyl groups is 1. The number of benzene rings is 1. The molecule has 0 aromatic heterocycles. The van der Waals surface area contributed by atoms with Gasteiger partial charge >= 0.3 is 0 Å². The van der Waals surface area contributed by atoms with Gasteiger partial charge in [0.1, 0.15) is 5.75 Å². The lowest BCUT2D eigenvalue weighted by molar-refractivity contribution is 0.464. The number of hydrogen-bond acceptors (Lipinski definition) is 1. The summed E-state index contributed by atoms with van der Waals surface area (Å²) >= 11 is 0. The van der Waals surface area contributed by atoms with Crippen LogP contribution in [-0.4, -0.2) is 15.3 Å². The molecule has 0 saturated heterocycles. The zero-order chi connectivity index (χ0) is 11.8. The lowest BCUT2D eigenvalue weighted by Gasteiger charge is -2.26. The summed E-state index contributed by atoms with van der Waals surface area (Å²) in [6.45, 7) is 10.7. The van der Waals surface area contributed by atoms with Crippen molar-refractivity contribution in [3.63, 3.8) is 0 Å². The first-order valence-corrected chi connectivity index (χ1v) is 5.97. The van der Waals surface area contributed by atoms with Crippen molar-refractivity contribution < 1.29 is 5.11 Å². The maximum Gasteiger partial charge on any atom is 0.119 e. The van der Waals surface area contributed by atoms with E-state index in [1.165, 1.54) is 16.7 Å². The molecule has 0 heterocycles. The molecule has 0 amide bonds. The average Bonchev–Trinajstić information content (AvgIpc) is 2.09. The topological polar surface area (TPSA) is 20.2 Å². The minimum atomic E-state index is 0.0725. The van der Waals surface area contributed by atoms with E-state index in [2.05, 4.69) is 37.9 Å². The van der Waals surface area contributed by atoms with E-state index in [1.54, 1.807) is 0 Å². The van der Waals surface area contributed by atoms with Crippen molar-refractivity contribution >= 4 is 10.2 Å². The Morgan fingerprint density at radius 1 is 1.20 bits per heavy atom. The summed E-state index contributed by atoms with van der Waals surface area (Å²) in [5, 5.41) is 9.88. The zero-order valence-electron chi connectivity index (χ0n) is 10.2. The van der Waals surface area contributed by atoms with Crippen molar-refractivity contribution in [1.82, 2.24) is 0 Å². The summed E-state index contributed by atoms with van der Waals surface area (Å²) in [6, 6.07) is 2.63. The van der Waals surface area contributed by atoms with Crippen LogP contribution in [0.3, 0.4) is 0 Å². The van der Waals surface area contributed by atoms with Crippen molar-refractivity contribution in [2.75, 3.05) is 0 Å². The maximum atomic E-state index is 9.88. The molecule has 1 nitrogen and oxygen atoms in total. The van der Waals surface area contributed by atoms with Crippen LogP contribution in [0.25, 0.3) is 0 Å². The van der Waals surface area contributed by atoms with Gasteiger partial charge in [0.2, 0.25) is 0 Å². The van der Waals surface area contributed by atoms with E-state index < -0.39 is 0 Å². The Bertz CT molecular complexity index is 375. The second-order valence-electron chi connectivity index (χ2n) is 5.11. The number of rotatable bonds is 1. The first-order chi connectivity index (χ1) is 6.79. The summed E-state index contributed by atoms with van der Waals surface area (Å²) in [6.07, 6.45) is 0. The van der Waals surface area contributed by atoms with Gasteiger partial charge in [0, 0.05) is 10.2 Å². The van der Waals surface area contributed by atoms with Gasteiger partial charge in [0.15, 0.2) is 0 Å². The van der Waals surface area contributed by atoms with Crippen LogP contribution in [0, 0.1) is 13.8 Å². The predicted molar refractivity (Wildman–Crippen MR) is 65.7 cm³/mol. The Morgan fingerprint density at radius 3 is 2.13 bits per heavy atom. The minimum Gasteiger partial charge on any atom is -0.508 e. The highest BCUT2D eigenvalue weighted by atomic mass is 28.1. The third-order valence-electron chi connectivity index (χ3n) is 2.87. The van der Waals surface area contributed by atoms with Crippen LogP contribution in [0.2, 0.25) is 0 Å². The molecule has 2 heteroatoms. The molecule has 0 unspecified atom stereocenters. The van der Waals surface area contributed by atoms with E-state index >= 15 is 0 Å². The molecule has 81 valence electrons. The molecular weight excluding hydrogens is 200 g/mol. The standard InChI is InChI=1S/C13H19OSi/c1-8-10(7-15)6-11(14)9(2)12(8)13(3,4)5/h6,14H,7H2,1-5H3. The van der Waals surface area contributed by atoms with Crippen LogP contribution in [-0.2, 0) is 11.5 Å².